The number of rotatable bonds is 5. The van der Waals surface area contributed by atoms with Crippen LogP contribution in [-0.4, -0.2) is 76.6 Å². The van der Waals surface area contributed by atoms with E-state index in [4.69, 9.17) is 4.98 Å². The molecule has 29 heavy (non-hydrogen) atoms. The number of piperidine rings is 1. The predicted octanol–water partition coefficient (Wildman–Crippen LogP) is 2.11. The van der Waals surface area contributed by atoms with Crippen LogP contribution in [0.1, 0.15) is 38.6 Å². The van der Waals surface area contributed by atoms with Gasteiger partial charge in [0.25, 0.3) is 0 Å². The van der Waals surface area contributed by atoms with Crippen LogP contribution < -0.4 is 5.43 Å². The first-order valence-electron chi connectivity index (χ1n) is 11.0. The number of nitrogens with zero attached hydrogens (tertiary/aromatic N) is 5. The Morgan fingerprint density at radius 3 is 2.66 bits per heavy atom. The van der Waals surface area contributed by atoms with Gasteiger partial charge in [0.1, 0.15) is 5.82 Å². The Hall–Kier alpha value is -1.96. The molecule has 1 atom stereocenters. The van der Waals surface area contributed by atoms with Crippen molar-refractivity contribution in [1.29, 1.82) is 0 Å². The zero-order chi connectivity index (χ0) is 20.4. The van der Waals surface area contributed by atoms with Gasteiger partial charge in [0.05, 0.1) is 23.5 Å². The number of aromatic nitrogens is 2. The molecule has 1 N–H and O–H groups in total. The van der Waals surface area contributed by atoms with Crippen LogP contribution in [0.3, 0.4) is 0 Å². The van der Waals surface area contributed by atoms with Gasteiger partial charge in [-0.3, -0.25) is 15.1 Å². The van der Waals surface area contributed by atoms with Gasteiger partial charge in [-0.1, -0.05) is 12.1 Å². The summed E-state index contributed by atoms with van der Waals surface area (Å²) in [6.07, 6.45) is 2.08. The highest BCUT2D eigenvalue weighted by atomic mass is 16.2. The lowest BCUT2D eigenvalue weighted by atomic mass is 9.96. The van der Waals surface area contributed by atoms with E-state index in [1.165, 1.54) is 5.52 Å². The fourth-order valence-electron chi connectivity index (χ4n) is 4.79. The molecular weight excluding hydrogens is 364 g/mol. The zero-order valence-electron chi connectivity index (χ0n) is 18.0. The topological polar surface area (TPSA) is 56.6 Å². The third-order valence-electron chi connectivity index (χ3n) is 6.31. The number of hydrogen-bond acceptors (Lipinski definition) is 5. The Morgan fingerprint density at radius 1 is 1.17 bits per heavy atom. The van der Waals surface area contributed by atoms with Crippen molar-refractivity contribution in [2.75, 3.05) is 46.3 Å². The number of amides is 1. The molecule has 7 nitrogen and oxygen atoms in total. The molecule has 2 saturated heterocycles. The maximum absolute atomic E-state index is 13.1. The number of piperazine rings is 1. The second kappa shape index (κ2) is 8.81. The van der Waals surface area contributed by atoms with E-state index in [9.17, 15) is 4.79 Å². The third kappa shape index (κ3) is 4.32. The van der Waals surface area contributed by atoms with E-state index in [2.05, 4.69) is 56.8 Å². The van der Waals surface area contributed by atoms with Gasteiger partial charge in [0, 0.05) is 38.8 Å². The Labute approximate surface area is 173 Å². The molecule has 1 amide bonds. The van der Waals surface area contributed by atoms with Gasteiger partial charge >= 0.3 is 0 Å². The van der Waals surface area contributed by atoms with Gasteiger partial charge in [0.15, 0.2) is 0 Å². The van der Waals surface area contributed by atoms with Crippen molar-refractivity contribution in [2.45, 2.75) is 39.3 Å². The first kappa shape index (κ1) is 20.3. The van der Waals surface area contributed by atoms with Gasteiger partial charge in [0.2, 0.25) is 5.91 Å². The lowest BCUT2D eigenvalue weighted by molar-refractivity contribution is -0.139. The minimum atomic E-state index is 0.113. The molecule has 2 aliphatic rings. The third-order valence-corrected chi connectivity index (χ3v) is 6.31. The summed E-state index contributed by atoms with van der Waals surface area (Å²) < 4.78 is 2.34. The van der Waals surface area contributed by atoms with Crippen molar-refractivity contribution in [1.82, 2.24) is 29.8 Å². The number of benzene rings is 1. The van der Waals surface area contributed by atoms with E-state index < -0.39 is 0 Å². The van der Waals surface area contributed by atoms with E-state index in [-0.39, 0.29) is 5.92 Å². The van der Waals surface area contributed by atoms with Crippen LogP contribution in [0.25, 0.3) is 11.0 Å². The minimum Gasteiger partial charge on any atom is -0.340 e. The highest BCUT2D eigenvalue weighted by molar-refractivity contribution is 5.79. The van der Waals surface area contributed by atoms with Crippen LogP contribution in [0, 0.1) is 5.92 Å². The Balaban J connectivity index is 1.44. The summed E-state index contributed by atoms with van der Waals surface area (Å²) in [6.45, 7) is 10.6. The van der Waals surface area contributed by atoms with Crippen LogP contribution in [0.15, 0.2) is 24.3 Å². The number of carbonyl (C=O) groups is 1. The van der Waals surface area contributed by atoms with Crippen molar-refractivity contribution in [3.8, 4) is 0 Å². The van der Waals surface area contributed by atoms with Crippen molar-refractivity contribution >= 4 is 16.9 Å². The number of para-hydroxylation sites is 2. The summed E-state index contributed by atoms with van der Waals surface area (Å²) in [5, 5.41) is 2.17. The van der Waals surface area contributed by atoms with Crippen molar-refractivity contribution < 1.29 is 4.79 Å². The Morgan fingerprint density at radius 2 is 1.93 bits per heavy atom. The molecule has 1 aromatic carbocycles. The minimum absolute atomic E-state index is 0.113. The molecule has 0 spiro atoms. The van der Waals surface area contributed by atoms with E-state index >= 15 is 0 Å². The molecular formula is C22H34N6O. The number of fused-ring (bicyclic) bond motifs is 1. The molecule has 2 fully saturated rings. The average Bonchev–Trinajstić information content (AvgIpc) is 3.11. The summed E-state index contributed by atoms with van der Waals surface area (Å²) in [5.74, 6) is 1.56. The number of hydrazine groups is 1. The Bertz CT molecular complexity index is 839. The van der Waals surface area contributed by atoms with E-state index in [0.717, 1.165) is 70.0 Å². The molecule has 0 unspecified atom stereocenters. The summed E-state index contributed by atoms with van der Waals surface area (Å²) in [6, 6.07) is 8.73. The van der Waals surface area contributed by atoms with Crippen LogP contribution in [0.2, 0.25) is 0 Å². The van der Waals surface area contributed by atoms with Crippen LogP contribution in [-0.2, 0) is 11.3 Å². The van der Waals surface area contributed by atoms with Gasteiger partial charge in [-0.05, 0) is 52.4 Å². The standard InChI is InChI=1S/C22H34N6O/c1-17(2)28-20-9-5-4-8-19(20)24-21(28)16-25-10-6-7-18(15-25)22(29)26-11-13-27(23-3)14-12-26/h4-5,8-9,17-18,23H,6-7,10-16H2,1-3H3/t18-/m0/s1. The molecule has 2 aliphatic heterocycles. The number of nitrogens with one attached hydrogen (secondary N) is 1. The second-order valence-corrected chi connectivity index (χ2v) is 8.59. The smallest absolute Gasteiger partial charge is 0.227 e. The van der Waals surface area contributed by atoms with Gasteiger partial charge in [-0.15, -0.1) is 0 Å². The van der Waals surface area contributed by atoms with E-state index in [1.807, 2.05) is 13.1 Å². The maximum Gasteiger partial charge on any atom is 0.227 e. The van der Waals surface area contributed by atoms with Crippen LogP contribution >= 0.6 is 0 Å². The predicted molar refractivity (Wildman–Crippen MR) is 115 cm³/mol. The number of imidazole rings is 1. The molecule has 2 aromatic rings. The summed E-state index contributed by atoms with van der Waals surface area (Å²) in [5.41, 5.74) is 5.44. The highest BCUT2D eigenvalue weighted by Crippen LogP contribution is 2.25. The maximum atomic E-state index is 13.1. The van der Waals surface area contributed by atoms with E-state index in [0.29, 0.717) is 11.9 Å². The molecule has 0 aliphatic carbocycles. The summed E-state index contributed by atoms with van der Waals surface area (Å²) in [4.78, 5) is 22.5. The molecule has 0 radical (unpaired) electrons. The molecule has 3 heterocycles. The van der Waals surface area contributed by atoms with Gasteiger partial charge in [-0.25, -0.2) is 9.99 Å². The van der Waals surface area contributed by atoms with Crippen LogP contribution in [0.4, 0.5) is 0 Å². The first-order valence-corrected chi connectivity index (χ1v) is 11.0. The monoisotopic (exact) mass is 398 g/mol. The Kier molecular flexibility index (Phi) is 6.18. The fraction of sp³-hybridized carbons (Fsp3) is 0.636. The molecule has 0 saturated carbocycles. The molecule has 0 bridgehead atoms. The molecule has 1 aromatic heterocycles. The molecule has 7 heteroatoms. The quantitative estimate of drug-likeness (QED) is 0.836. The largest absolute Gasteiger partial charge is 0.340 e. The van der Waals surface area contributed by atoms with Crippen molar-refractivity contribution in [3.63, 3.8) is 0 Å². The lowest BCUT2D eigenvalue weighted by Crippen LogP contribution is -2.54. The van der Waals surface area contributed by atoms with Crippen molar-refractivity contribution in [3.05, 3.63) is 30.1 Å². The average molecular weight is 399 g/mol. The van der Waals surface area contributed by atoms with E-state index in [1.54, 1.807) is 0 Å². The first-order chi connectivity index (χ1) is 14.1. The summed E-state index contributed by atoms with van der Waals surface area (Å²) in [7, 11) is 1.95. The van der Waals surface area contributed by atoms with Gasteiger partial charge in [-0.2, -0.15) is 0 Å². The second-order valence-electron chi connectivity index (χ2n) is 8.59. The molecule has 4 rings (SSSR count). The van der Waals surface area contributed by atoms with Gasteiger partial charge < -0.3 is 9.47 Å². The molecule has 158 valence electrons. The SMILES string of the molecule is CNN1CCN(C(=O)[C@H]2CCCN(Cc3nc4ccccc4n3C(C)C)C2)CC1. The van der Waals surface area contributed by atoms with Crippen molar-refractivity contribution in [2.24, 2.45) is 5.92 Å². The highest BCUT2D eigenvalue weighted by Gasteiger charge is 2.31. The number of carbonyl (C=O) groups excluding carboxylic acids is 1. The summed E-state index contributed by atoms with van der Waals surface area (Å²) >= 11 is 0. The lowest BCUT2D eigenvalue weighted by Gasteiger charge is -2.38. The number of likely N-dealkylation sites (tertiary alicyclic amines) is 1. The zero-order valence-corrected chi connectivity index (χ0v) is 18.0. The van der Waals surface area contributed by atoms with Crippen LogP contribution in [0.5, 0.6) is 0 Å². The fourth-order valence-corrected chi connectivity index (χ4v) is 4.79. The number of hydrogen-bond donors (Lipinski definition) is 1. The normalized spacial score (nSPS) is 21.9.